The van der Waals surface area contributed by atoms with Gasteiger partial charge in [0.2, 0.25) is 5.91 Å². The maximum Gasteiger partial charge on any atom is 0.251 e. The predicted octanol–water partition coefficient (Wildman–Crippen LogP) is 3.33. The summed E-state index contributed by atoms with van der Waals surface area (Å²) in [5.74, 6) is -1.15. The molecule has 1 aromatic heterocycles. The topological polar surface area (TPSA) is 104 Å². The van der Waals surface area contributed by atoms with Crippen molar-refractivity contribution in [2.24, 2.45) is 0 Å². The van der Waals surface area contributed by atoms with Crippen molar-refractivity contribution in [3.8, 4) is 0 Å². The molecular weight excluding hydrogens is 446 g/mol. The number of sulfone groups is 1. The molecule has 0 saturated carbocycles. The van der Waals surface area contributed by atoms with Gasteiger partial charge in [0.1, 0.15) is 6.04 Å². The highest BCUT2D eigenvalue weighted by Gasteiger charge is 2.30. The lowest BCUT2D eigenvalue weighted by Crippen LogP contribution is -2.43. The molecular formula is C23H23N3O4S2. The molecule has 4 rings (SSSR count). The van der Waals surface area contributed by atoms with Gasteiger partial charge in [-0.15, -0.1) is 11.3 Å². The van der Waals surface area contributed by atoms with E-state index in [0.717, 1.165) is 10.4 Å². The first-order valence-electron chi connectivity index (χ1n) is 10.1. The highest BCUT2D eigenvalue weighted by atomic mass is 32.2. The van der Waals surface area contributed by atoms with E-state index in [4.69, 9.17) is 0 Å². The van der Waals surface area contributed by atoms with E-state index >= 15 is 0 Å². The number of hydrogen-bond acceptors (Lipinski definition) is 6. The molecule has 7 nitrogen and oxygen atoms in total. The van der Waals surface area contributed by atoms with Crippen LogP contribution < -0.4 is 16.0 Å². The molecule has 2 aromatic carbocycles. The van der Waals surface area contributed by atoms with Crippen LogP contribution in [0.5, 0.6) is 0 Å². The van der Waals surface area contributed by atoms with E-state index in [1.165, 1.54) is 0 Å². The summed E-state index contributed by atoms with van der Waals surface area (Å²) < 4.78 is 25.4. The number of thiophene rings is 1. The molecule has 2 heterocycles. The SMILES string of the molecule is Cc1cccc(CS(=O)(=O)CC2Nc3ccc(C(=O)NCc4cccs4)cc3NC2=O)c1. The molecule has 3 aromatic rings. The molecule has 9 heteroatoms. The zero-order chi connectivity index (χ0) is 22.7. The Kier molecular flexibility index (Phi) is 6.29. The average Bonchev–Trinajstić information content (AvgIpc) is 3.25. The lowest BCUT2D eigenvalue weighted by Gasteiger charge is -2.27. The summed E-state index contributed by atoms with van der Waals surface area (Å²) in [6.45, 7) is 2.33. The predicted molar refractivity (Wildman–Crippen MR) is 127 cm³/mol. The number of carbonyl (C=O) groups excluding carboxylic acids is 2. The highest BCUT2D eigenvalue weighted by Crippen LogP contribution is 2.28. The minimum absolute atomic E-state index is 0.129. The smallest absolute Gasteiger partial charge is 0.251 e. The first-order chi connectivity index (χ1) is 15.3. The van der Waals surface area contributed by atoms with Gasteiger partial charge in [0.15, 0.2) is 9.84 Å². The van der Waals surface area contributed by atoms with E-state index in [9.17, 15) is 18.0 Å². The van der Waals surface area contributed by atoms with Crippen LogP contribution >= 0.6 is 11.3 Å². The van der Waals surface area contributed by atoms with Crippen LogP contribution in [0.2, 0.25) is 0 Å². The van der Waals surface area contributed by atoms with Crippen molar-refractivity contribution in [1.82, 2.24) is 5.32 Å². The molecule has 1 aliphatic heterocycles. The van der Waals surface area contributed by atoms with Crippen LogP contribution in [0.25, 0.3) is 0 Å². The third kappa shape index (κ3) is 5.35. The van der Waals surface area contributed by atoms with Crippen molar-refractivity contribution in [2.75, 3.05) is 16.4 Å². The molecule has 0 spiro atoms. The molecule has 2 amide bonds. The van der Waals surface area contributed by atoms with Crippen molar-refractivity contribution in [3.05, 3.63) is 81.5 Å². The molecule has 3 N–H and O–H groups in total. The first kappa shape index (κ1) is 22.0. The summed E-state index contributed by atoms with van der Waals surface area (Å²) in [5.41, 5.74) is 3.12. The van der Waals surface area contributed by atoms with Crippen LogP contribution in [0.3, 0.4) is 0 Å². The summed E-state index contributed by atoms with van der Waals surface area (Å²) in [6.07, 6.45) is 0. The van der Waals surface area contributed by atoms with Gasteiger partial charge in [-0.1, -0.05) is 35.9 Å². The van der Waals surface area contributed by atoms with Crippen LogP contribution in [0.15, 0.2) is 60.0 Å². The number of benzene rings is 2. The standard InChI is InChI=1S/C23H23N3O4S2/c1-15-4-2-5-16(10-15)13-32(29,30)14-21-23(28)26-20-11-17(7-8-19(20)25-21)22(27)24-12-18-6-3-9-31-18/h2-11,21,25H,12-14H2,1H3,(H,24,27)(H,26,28). The molecule has 32 heavy (non-hydrogen) atoms. The van der Waals surface area contributed by atoms with Gasteiger partial charge >= 0.3 is 0 Å². The van der Waals surface area contributed by atoms with E-state index in [1.54, 1.807) is 35.6 Å². The minimum atomic E-state index is -3.52. The van der Waals surface area contributed by atoms with Gasteiger partial charge in [-0.2, -0.15) is 0 Å². The number of fused-ring (bicyclic) bond motifs is 1. The Morgan fingerprint density at radius 1 is 1.09 bits per heavy atom. The van der Waals surface area contributed by atoms with Crippen molar-refractivity contribution in [2.45, 2.75) is 25.3 Å². The fourth-order valence-electron chi connectivity index (χ4n) is 3.56. The minimum Gasteiger partial charge on any atom is -0.371 e. The van der Waals surface area contributed by atoms with Crippen molar-refractivity contribution < 1.29 is 18.0 Å². The maximum absolute atomic E-state index is 12.7. The van der Waals surface area contributed by atoms with Crippen LogP contribution in [-0.4, -0.2) is 32.0 Å². The molecule has 1 aliphatic rings. The summed E-state index contributed by atoms with van der Waals surface area (Å²) in [5, 5.41) is 10.5. The number of amides is 2. The Morgan fingerprint density at radius 3 is 2.69 bits per heavy atom. The summed E-state index contributed by atoms with van der Waals surface area (Å²) in [7, 11) is -3.52. The second kappa shape index (κ2) is 9.13. The molecule has 0 aliphatic carbocycles. The number of nitrogens with one attached hydrogen (secondary N) is 3. The third-order valence-corrected chi connectivity index (χ3v) is 7.57. The number of aryl methyl sites for hydroxylation is 1. The molecule has 0 saturated heterocycles. The Balaban J connectivity index is 1.42. The molecule has 1 atom stereocenters. The van der Waals surface area contributed by atoms with Gasteiger partial charge < -0.3 is 16.0 Å². The first-order valence-corrected chi connectivity index (χ1v) is 12.8. The second-order valence-corrected chi connectivity index (χ2v) is 10.9. The lowest BCUT2D eigenvalue weighted by atomic mass is 10.1. The van der Waals surface area contributed by atoms with E-state index in [2.05, 4.69) is 16.0 Å². The zero-order valence-corrected chi connectivity index (χ0v) is 19.1. The molecule has 0 fully saturated rings. The van der Waals surface area contributed by atoms with Crippen LogP contribution in [0.4, 0.5) is 11.4 Å². The number of rotatable bonds is 7. The van der Waals surface area contributed by atoms with Crippen molar-refractivity contribution >= 4 is 44.4 Å². The van der Waals surface area contributed by atoms with Gasteiger partial charge in [0, 0.05) is 10.4 Å². The van der Waals surface area contributed by atoms with E-state index in [-0.39, 0.29) is 17.4 Å². The molecule has 166 valence electrons. The van der Waals surface area contributed by atoms with Gasteiger partial charge in [0.25, 0.3) is 5.91 Å². The Bertz CT molecular complexity index is 1250. The fourth-order valence-corrected chi connectivity index (χ4v) is 5.75. The van der Waals surface area contributed by atoms with Gasteiger partial charge in [0.05, 0.1) is 29.4 Å². The second-order valence-electron chi connectivity index (χ2n) is 7.75. The summed E-state index contributed by atoms with van der Waals surface area (Å²) in [4.78, 5) is 26.0. The van der Waals surface area contributed by atoms with E-state index in [1.807, 2.05) is 42.6 Å². The molecule has 1 unspecified atom stereocenters. The van der Waals surface area contributed by atoms with Gasteiger partial charge in [-0.25, -0.2) is 8.42 Å². The molecule has 0 bridgehead atoms. The molecule has 0 radical (unpaired) electrons. The largest absolute Gasteiger partial charge is 0.371 e. The lowest BCUT2D eigenvalue weighted by molar-refractivity contribution is -0.116. The number of anilines is 2. The van der Waals surface area contributed by atoms with Crippen LogP contribution in [0.1, 0.15) is 26.4 Å². The fraction of sp³-hybridized carbons (Fsp3) is 0.217. The van der Waals surface area contributed by atoms with E-state index in [0.29, 0.717) is 29.0 Å². The monoisotopic (exact) mass is 469 g/mol. The highest BCUT2D eigenvalue weighted by molar-refractivity contribution is 7.90. The maximum atomic E-state index is 12.7. The number of carbonyl (C=O) groups is 2. The van der Waals surface area contributed by atoms with Crippen LogP contribution in [0, 0.1) is 6.92 Å². The van der Waals surface area contributed by atoms with Gasteiger partial charge in [-0.05, 0) is 42.1 Å². The summed E-state index contributed by atoms with van der Waals surface area (Å²) in [6, 6.07) is 15.2. The third-order valence-electron chi connectivity index (χ3n) is 5.08. The van der Waals surface area contributed by atoms with Gasteiger partial charge in [-0.3, -0.25) is 9.59 Å². The Morgan fingerprint density at radius 2 is 1.94 bits per heavy atom. The zero-order valence-electron chi connectivity index (χ0n) is 17.4. The van der Waals surface area contributed by atoms with Crippen LogP contribution in [-0.2, 0) is 26.9 Å². The quantitative estimate of drug-likeness (QED) is 0.492. The summed E-state index contributed by atoms with van der Waals surface area (Å²) >= 11 is 1.56. The average molecular weight is 470 g/mol. The Labute approximate surface area is 190 Å². The Hall–Kier alpha value is -3.17. The van der Waals surface area contributed by atoms with Crippen molar-refractivity contribution in [3.63, 3.8) is 0 Å². The normalized spacial score (nSPS) is 15.4. The van der Waals surface area contributed by atoms with Crippen molar-refractivity contribution in [1.29, 1.82) is 0 Å². The number of hydrogen-bond donors (Lipinski definition) is 3. The van der Waals surface area contributed by atoms with E-state index < -0.39 is 21.8 Å².